The Morgan fingerprint density at radius 2 is 1.97 bits per heavy atom. The number of ether oxygens (including phenoxy) is 1. The number of hydrogen-bond acceptors (Lipinski definition) is 6. The van der Waals surface area contributed by atoms with Crippen molar-refractivity contribution in [2.75, 3.05) is 37.7 Å². The maximum atomic E-state index is 13.8. The standard InChI is InChI=1S/C22H27FN4OS/c1-4-28-16(3)22-25-18(14-29-22)13-26-7-9-27(10-8-26)21-11-15(2)24-20-6-5-17(23)12-19(20)21/h5-6,11-12,14,16H,4,7-10,13H2,1-3H3. The van der Waals surface area contributed by atoms with E-state index in [2.05, 4.69) is 33.2 Å². The summed E-state index contributed by atoms with van der Waals surface area (Å²) in [5.74, 6) is -0.219. The molecule has 1 aliphatic rings. The molecule has 0 N–H and O–H groups in total. The SMILES string of the molecule is CCOC(C)c1nc(CN2CCN(c3cc(C)nc4ccc(F)cc34)CC2)cs1. The molecule has 1 saturated heterocycles. The van der Waals surface area contributed by atoms with Crippen molar-refractivity contribution in [3.63, 3.8) is 0 Å². The van der Waals surface area contributed by atoms with Crippen LogP contribution in [0.25, 0.3) is 10.9 Å². The Balaban J connectivity index is 1.43. The highest BCUT2D eigenvalue weighted by Gasteiger charge is 2.21. The Hall–Kier alpha value is -2.09. The van der Waals surface area contributed by atoms with Crippen molar-refractivity contribution in [1.82, 2.24) is 14.9 Å². The highest BCUT2D eigenvalue weighted by atomic mass is 32.1. The van der Waals surface area contributed by atoms with Gasteiger partial charge in [-0.15, -0.1) is 11.3 Å². The van der Waals surface area contributed by atoms with E-state index in [9.17, 15) is 4.39 Å². The summed E-state index contributed by atoms with van der Waals surface area (Å²) in [7, 11) is 0. The van der Waals surface area contributed by atoms with Crippen LogP contribution in [0.5, 0.6) is 0 Å². The van der Waals surface area contributed by atoms with Gasteiger partial charge in [-0.2, -0.15) is 0 Å². The topological polar surface area (TPSA) is 41.5 Å². The van der Waals surface area contributed by atoms with E-state index in [0.717, 1.165) is 65.7 Å². The first kappa shape index (κ1) is 20.2. The number of benzene rings is 1. The van der Waals surface area contributed by atoms with Gasteiger partial charge in [0.2, 0.25) is 0 Å². The largest absolute Gasteiger partial charge is 0.372 e. The molecule has 0 saturated carbocycles. The first-order chi connectivity index (χ1) is 14.0. The monoisotopic (exact) mass is 414 g/mol. The summed E-state index contributed by atoms with van der Waals surface area (Å²) in [5, 5.41) is 4.07. The third kappa shape index (κ3) is 4.57. The number of rotatable bonds is 6. The van der Waals surface area contributed by atoms with Crippen LogP contribution in [-0.4, -0.2) is 47.7 Å². The van der Waals surface area contributed by atoms with Gasteiger partial charge in [-0.25, -0.2) is 9.37 Å². The van der Waals surface area contributed by atoms with Crippen molar-refractivity contribution in [3.05, 3.63) is 51.9 Å². The van der Waals surface area contributed by atoms with Gasteiger partial charge in [-0.3, -0.25) is 9.88 Å². The summed E-state index contributed by atoms with van der Waals surface area (Å²) < 4.78 is 19.5. The number of halogens is 1. The first-order valence-corrected chi connectivity index (χ1v) is 11.0. The van der Waals surface area contributed by atoms with Gasteiger partial charge in [-0.1, -0.05) is 0 Å². The van der Waals surface area contributed by atoms with E-state index in [1.807, 2.05) is 13.8 Å². The Bertz CT molecular complexity index is 984. The van der Waals surface area contributed by atoms with Crippen LogP contribution in [0.2, 0.25) is 0 Å². The van der Waals surface area contributed by atoms with Crippen molar-refractivity contribution >= 4 is 27.9 Å². The Kier molecular flexibility index (Phi) is 6.08. The zero-order valence-corrected chi connectivity index (χ0v) is 18.0. The normalized spacial score (nSPS) is 16.5. The van der Waals surface area contributed by atoms with Crippen molar-refractivity contribution < 1.29 is 9.13 Å². The van der Waals surface area contributed by atoms with Gasteiger partial charge in [-0.05, 0) is 45.0 Å². The van der Waals surface area contributed by atoms with E-state index in [0.29, 0.717) is 6.61 Å². The first-order valence-electron chi connectivity index (χ1n) is 10.1. The minimum Gasteiger partial charge on any atom is -0.372 e. The molecule has 0 aliphatic carbocycles. The number of thiazole rings is 1. The number of hydrogen-bond donors (Lipinski definition) is 0. The molecule has 154 valence electrons. The molecule has 3 heterocycles. The number of nitrogens with zero attached hydrogens (tertiary/aromatic N) is 4. The van der Waals surface area contributed by atoms with Crippen molar-refractivity contribution in [2.24, 2.45) is 0 Å². The molecule has 7 heteroatoms. The molecular formula is C22H27FN4OS. The number of anilines is 1. The summed E-state index contributed by atoms with van der Waals surface area (Å²) in [6.07, 6.45) is 0.0548. The maximum absolute atomic E-state index is 13.8. The average molecular weight is 415 g/mol. The van der Waals surface area contributed by atoms with E-state index in [1.54, 1.807) is 23.5 Å². The van der Waals surface area contributed by atoms with Crippen LogP contribution in [0.1, 0.15) is 36.3 Å². The number of piperazine rings is 1. The third-order valence-corrected chi connectivity index (χ3v) is 6.36. The molecule has 1 unspecified atom stereocenters. The lowest BCUT2D eigenvalue weighted by Gasteiger charge is -2.36. The second kappa shape index (κ2) is 8.73. The summed E-state index contributed by atoms with van der Waals surface area (Å²) in [6.45, 7) is 11.3. The molecule has 1 aromatic carbocycles. The van der Waals surface area contributed by atoms with Crippen LogP contribution in [-0.2, 0) is 11.3 Å². The molecule has 2 aromatic heterocycles. The van der Waals surface area contributed by atoms with Gasteiger partial charge in [0.05, 0.1) is 11.2 Å². The minimum atomic E-state index is -0.219. The Labute approximate surface area is 175 Å². The Morgan fingerprint density at radius 3 is 2.72 bits per heavy atom. The molecular weight excluding hydrogens is 387 g/mol. The Morgan fingerprint density at radius 1 is 1.17 bits per heavy atom. The zero-order valence-electron chi connectivity index (χ0n) is 17.2. The minimum absolute atomic E-state index is 0.0548. The second-order valence-corrected chi connectivity index (χ2v) is 8.37. The van der Waals surface area contributed by atoms with Gasteiger partial charge < -0.3 is 9.64 Å². The molecule has 0 spiro atoms. The molecule has 3 aromatic rings. The summed E-state index contributed by atoms with van der Waals surface area (Å²) in [4.78, 5) is 14.1. The van der Waals surface area contributed by atoms with Crippen LogP contribution in [0.4, 0.5) is 10.1 Å². The fourth-order valence-electron chi connectivity index (χ4n) is 3.85. The fourth-order valence-corrected chi connectivity index (χ4v) is 4.66. The predicted molar refractivity (Wildman–Crippen MR) is 116 cm³/mol. The third-order valence-electron chi connectivity index (χ3n) is 5.31. The number of aryl methyl sites for hydroxylation is 1. The van der Waals surface area contributed by atoms with Crippen LogP contribution in [0, 0.1) is 12.7 Å². The molecule has 1 fully saturated rings. The summed E-state index contributed by atoms with van der Waals surface area (Å²) in [6, 6.07) is 6.91. The van der Waals surface area contributed by atoms with E-state index >= 15 is 0 Å². The fraction of sp³-hybridized carbons (Fsp3) is 0.455. The molecule has 0 amide bonds. The molecule has 1 atom stereocenters. The second-order valence-electron chi connectivity index (χ2n) is 7.48. The molecule has 5 nitrogen and oxygen atoms in total. The molecule has 1 aliphatic heterocycles. The van der Waals surface area contributed by atoms with Crippen LogP contribution < -0.4 is 4.90 Å². The zero-order chi connectivity index (χ0) is 20.4. The summed E-state index contributed by atoms with van der Waals surface area (Å²) >= 11 is 1.67. The van der Waals surface area contributed by atoms with Crippen LogP contribution in [0.15, 0.2) is 29.6 Å². The van der Waals surface area contributed by atoms with Gasteiger partial charge >= 0.3 is 0 Å². The van der Waals surface area contributed by atoms with Gasteiger partial charge in [0.1, 0.15) is 16.9 Å². The molecule has 29 heavy (non-hydrogen) atoms. The smallest absolute Gasteiger partial charge is 0.124 e. The van der Waals surface area contributed by atoms with E-state index < -0.39 is 0 Å². The van der Waals surface area contributed by atoms with Crippen LogP contribution in [0.3, 0.4) is 0 Å². The molecule has 4 rings (SSSR count). The van der Waals surface area contributed by atoms with Gasteiger partial charge in [0.15, 0.2) is 0 Å². The average Bonchev–Trinajstić information content (AvgIpc) is 3.17. The van der Waals surface area contributed by atoms with Gasteiger partial charge in [0.25, 0.3) is 0 Å². The quantitative estimate of drug-likeness (QED) is 0.592. The van der Waals surface area contributed by atoms with E-state index in [-0.39, 0.29) is 11.9 Å². The van der Waals surface area contributed by atoms with Gasteiger partial charge in [0, 0.05) is 61.5 Å². The van der Waals surface area contributed by atoms with E-state index in [1.165, 1.54) is 6.07 Å². The molecule has 0 bridgehead atoms. The summed E-state index contributed by atoms with van der Waals surface area (Å²) in [5.41, 5.74) is 3.99. The predicted octanol–water partition coefficient (Wildman–Crippen LogP) is 4.56. The number of aromatic nitrogens is 2. The van der Waals surface area contributed by atoms with Crippen molar-refractivity contribution in [1.29, 1.82) is 0 Å². The lowest BCUT2D eigenvalue weighted by atomic mass is 10.1. The van der Waals surface area contributed by atoms with Crippen molar-refractivity contribution in [2.45, 2.75) is 33.4 Å². The maximum Gasteiger partial charge on any atom is 0.124 e. The lowest BCUT2D eigenvalue weighted by Crippen LogP contribution is -2.46. The van der Waals surface area contributed by atoms with E-state index in [4.69, 9.17) is 9.72 Å². The van der Waals surface area contributed by atoms with Crippen molar-refractivity contribution in [3.8, 4) is 0 Å². The number of pyridine rings is 1. The number of fused-ring (bicyclic) bond motifs is 1. The lowest BCUT2D eigenvalue weighted by molar-refractivity contribution is 0.0760. The molecule has 0 radical (unpaired) electrons. The highest BCUT2D eigenvalue weighted by Crippen LogP contribution is 2.29. The van der Waals surface area contributed by atoms with Crippen LogP contribution >= 0.6 is 11.3 Å². The highest BCUT2D eigenvalue weighted by molar-refractivity contribution is 7.09.